The van der Waals surface area contributed by atoms with Crippen molar-refractivity contribution in [1.82, 2.24) is 5.06 Å². The zero-order valence-electron chi connectivity index (χ0n) is 23.5. The number of hydroxylamine groups is 2. The van der Waals surface area contributed by atoms with Crippen molar-refractivity contribution in [3.63, 3.8) is 0 Å². The lowest BCUT2D eigenvalue weighted by molar-refractivity contribution is -0.187. The zero-order chi connectivity index (χ0) is 29.5. The van der Waals surface area contributed by atoms with Crippen LogP contribution in [-0.2, 0) is 32.8 Å². The highest BCUT2D eigenvalue weighted by molar-refractivity contribution is 7.84. The second-order valence-corrected chi connectivity index (χ2v) is 11.6. The van der Waals surface area contributed by atoms with Gasteiger partial charge < -0.3 is 11.5 Å². The lowest BCUT2D eigenvalue weighted by Crippen LogP contribution is -2.34. The predicted molar refractivity (Wildman–Crippen MR) is 170 cm³/mol. The summed E-state index contributed by atoms with van der Waals surface area (Å²) in [7, 11) is -1.18. The largest absolute Gasteiger partial charge is 0.399 e. The second kappa shape index (κ2) is 13.4. The fourth-order valence-electron chi connectivity index (χ4n) is 4.69. The van der Waals surface area contributed by atoms with Gasteiger partial charge in [0.1, 0.15) is 12.4 Å². The number of hydrogen-bond acceptors (Lipinski definition) is 6. The van der Waals surface area contributed by atoms with E-state index in [1.807, 2.05) is 97.9 Å². The molecule has 214 valence electrons. The number of carbonyl (C=O) groups excluding carboxylic acids is 1. The molecule has 0 saturated heterocycles. The maximum Gasteiger partial charge on any atom is 0.273 e. The Morgan fingerprint density at radius 3 is 2.43 bits per heavy atom. The van der Waals surface area contributed by atoms with E-state index in [4.69, 9.17) is 16.3 Å². The topological polar surface area (TPSA) is 111 Å². The molecule has 0 aliphatic carbocycles. The number of nitrogen functional groups attached to an aromatic ring is 1. The fraction of sp³-hybridized carbons (Fsp3) is 0.176. The van der Waals surface area contributed by atoms with Gasteiger partial charge >= 0.3 is 0 Å². The van der Waals surface area contributed by atoms with Gasteiger partial charge in [0.25, 0.3) is 5.91 Å². The molecule has 1 unspecified atom stereocenters. The third-order valence-corrected chi connectivity index (χ3v) is 8.24. The lowest BCUT2D eigenvalue weighted by Gasteiger charge is -2.22. The van der Waals surface area contributed by atoms with Crippen LogP contribution in [0.3, 0.4) is 0 Å². The second-order valence-electron chi connectivity index (χ2n) is 10.1. The van der Waals surface area contributed by atoms with E-state index >= 15 is 0 Å². The summed E-state index contributed by atoms with van der Waals surface area (Å²) >= 11 is 0. The van der Waals surface area contributed by atoms with Gasteiger partial charge in [-0.15, -0.1) is 0 Å². The molecule has 0 aromatic heterocycles. The SMILES string of the molecule is CCCN(OCc1ccc(N)cc1)C(=O)C1=Cc2ccc(-c3cccc(S(=O)Cc4ccccc4)c3)cc2N=C(N)C1. The number of benzene rings is 4. The molecule has 1 atom stereocenters. The number of amidine groups is 1. The van der Waals surface area contributed by atoms with E-state index in [9.17, 15) is 9.00 Å². The molecule has 0 radical (unpaired) electrons. The number of nitrogens with two attached hydrogens (primary N) is 2. The van der Waals surface area contributed by atoms with Crippen LogP contribution in [0.2, 0.25) is 0 Å². The zero-order valence-corrected chi connectivity index (χ0v) is 24.3. The van der Waals surface area contributed by atoms with E-state index in [1.165, 1.54) is 5.06 Å². The molecule has 0 spiro atoms. The van der Waals surface area contributed by atoms with Gasteiger partial charge in [-0.05, 0) is 65.1 Å². The maximum atomic E-state index is 13.6. The number of nitrogens with zero attached hydrogens (tertiary/aromatic N) is 2. The average molecular weight is 579 g/mol. The minimum Gasteiger partial charge on any atom is -0.399 e. The summed E-state index contributed by atoms with van der Waals surface area (Å²) in [6.07, 6.45) is 2.78. The van der Waals surface area contributed by atoms with Crippen molar-refractivity contribution in [3.05, 3.63) is 119 Å². The molecule has 5 rings (SSSR count). The van der Waals surface area contributed by atoms with E-state index in [-0.39, 0.29) is 18.9 Å². The van der Waals surface area contributed by atoms with Crippen molar-refractivity contribution in [2.45, 2.75) is 37.0 Å². The van der Waals surface area contributed by atoms with Crippen molar-refractivity contribution in [3.8, 4) is 11.1 Å². The minimum atomic E-state index is -1.18. The number of aliphatic imine (C=N–C) groups is 1. The number of hydrogen-bond donors (Lipinski definition) is 2. The summed E-state index contributed by atoms with van der Waals surface area (Å²) in [5.74, 6) is 0.560. The summed E-state index contributed by atoms with van der Waals surface area (Å²) in [4.78, 5) is 24.9. The molecule has 4 aromatic carbocycles. The van der Waals surface area contributed by atoms with Crippen LogP contribution in [0.1, 0.15) is 36.5 Å². The number of rotatable bonds is 10. The molecule has 4 N–H and O–H groups in total. The minimum absolute atomic E-state index is 0.211. The van der Waals surface area contributed by atoms with Crippen LogP contribution in [0, 0.1) is 0 Å². The van der Waals surface area contributed by atoms with Gasteiger partial charge in [-0.25, -0.2) is 10.1 Å². The van der Waals surface area contributed by atoms with E-state index in [1.54, 1.807) is 12.1 Å². The summed E-state index contributed by atoms with van der Waals surface area (Å²) in [6.45, 7) is 2.68. The Balaban J connectivity index is 1.36. The van der Waals surface area contributed by atoms with E-state index in [2.05, 4.69) is 4.99 Å². The molecule has 1 heterocycles. The van der Waals surface area contributed by atoms with Gasteiger partial charge in [-0.2, -0.15) is 0 Å². The first kappa shape index (κ1) is 29.0. The standard InChI is InChI=1S/C34H34N4O3S/c1-2-17-38(41-22-24-11-15-30(35)16-12-24)34(39)29-18-28-14-13-27(20-32(28)37-33(36)21-29)26-9-6-10-31(19-26)42(40)23-25-7-4-3-5-8-25/h3-16,18-20H,2,17,21-23,35H2,1H3,(H2,36,37). The Bertz CT molecular complexity index is 1650. The van der Waals surface area contributed by atoms with Crippen LogP contribution >= 0.6 is 0 Å². The average Bonchev–Trinajstić information content (AvgIpc) is 3.17. The first-order valence-corrected chi connectivity index (χ1v) is 15.2. The highest BCUT2D eigenvalue weighted by atomic mass is 32.2. The Morgan fingerprint density at radius 2 is 1.67 bits per heavy atom. The van der Waals surface area contributed by atoms with Gasteiger partial charge in [0.05, 0.1) is 22.2 Å². The van der Waals surface area contributed by atoms with Gasteiger partial charge in [-0.1, -0.05) is 73.7 Å². The molecular formula is C34H34N4O3S. The van der Waals surface area contributed by atoms with Gasteiger partial charge in [-0.3, -0.25) is 13.8 Å². The molecule has 7 nitrogen and oxygen atoms in total. The molecule has 8 heteroatoms. The van der Waals surface area contributed by atoms with Crippen molar-refractivity contribution >= 4 is 40.0 Å². The van der Waals surface area contributed by atoms with Gasteiger partial charge in [0.15, 0.2) is 0 Å². The van der Waals surface area contributed by atoms with E-state index in [0.717, 1.165) is 39.1 Å². The van der Waals surface area contributed by atoms with Crippen molar-refractivity contribution in [2.75, 3.05) is 12.3 Å². The quantitative estimate of drug-likeness (QED) is 0.167. The van der Waals surface area contributed by atoms with Crippen LogP contribution < -0.4 is 11.5 Å². The van der Waals surface area contributed by atoms with Crippen molar-refractivity contribution < 1.29 is 13.8 Å². The van der Waals surface area contributed by atoms with Crippen LogP contribution in [0.5, 0.6) is 0 Å². The van der Waals surface area contributed by atoms with Crippen LogP contribution in [-0.4, -0.2) is 27.6 Å². The van der Waals surface area contributed by atoms with Gasteiger partial charge in [0, 0.05) is 34.7 Å². The monoisotopic (exact) mass is 578 g/mol. The molecule has 1 aliphatic heterocycles. The highest BCUT2D eigenvalue weighted by Gasteiger charge is 2.22. The molecule has 42 heavy (non-hydrogen) atoms. The Labute approximate surface area is 248 Å². The van der Waals surface area contributed by atoms with Crippen LogP contribution in [0.25, 0.3) is 17.2 Å². The van der Waals surface area contributed by atoms with E-state index < -0.39 is 10.8 Å². The third kappa shape index (κ3) is 7.21. The molecule has 4 aromatic rings. The van der Waals surface area contributed by atoms with Gasteiger partial charge in [0.2, 0.25) is 0 Å². The Hall–Kier alpha value is -4.53. The first-order valence-electron chi connectivity index (χ1n) is 13.9. The molecule has 1 amide bonds. The predicted octanol–water partition coefficient (Wildman–Crippen LogP) is 6.39. The number of carbonyl (C=O) groups is 1. The summed E-state index contributed by atoms with van der Waals surface area (Å²) in [5.41, 5.74) is 18.5. The first-order chi connectivity index (χ1) is 20.4. The Morgan fingerprint density at radius 1 is 0.905 bits per heavy atom. The molecule has 0 saturated carbocycles. The number of amides is 1. The third-order valence-electron chi connectivity index (χ3n) is 6.86. The summed E-state index contributed by atoms with van der Waals surface area (Å²) < 4.78 is 13.1. The van der Waals surface area contributed by atoms with Crippen LogP contribution in [0.4, 0.5) is 11.4 Å². The molecule has 0 bridgehead atoms. The highest BCUT2D eigenvalue weighted by Crippen LogP contribution is 2.33. The molecule has 1 aliphatic rings. The van der Waals surface area contributed by atoms with Crippen molar-refractivity contribution in [1.29, 1.82) is 0 Å². The maximum absolute atomic E-state index is 13.6. The smallest absolute Gasteiger partial charge is 0.273 e. The number of anilines is 1. The number of fused-ring (bicyclic) bond motifs is 1. The molecular weight excluding hydrogens is 544 g/mol. The lowest BCUT2D eigenvalue weighted by atomic mass is 10.0. The van der Waals surface area contributed by atoms with E-state index in [0.29, 0.717) is 35.1 Å². The normalized spacial score (nSPS) is 13.4. The van der Waals surface area contributed by atoms with Crippen LogP contribution in [0.15, 0.2) is 113 Å². The summed E-state index contributed by atoms with van der Waals surface area (Å²) in [5, 5.41) is 1.40. The Kier molecular flexibility index (Phi) is 9.26. The summed E-state index contributed by atoms with van der Waals surface area (Å²) in [6, 6.07) is 30.8. The van der Waals surface area contributed by atoms with Crippen molar-refractivity contribution in [2.24, 2.45) is 10.7 Å². The fourth-order valence-corrected chi connectivity index (χ4v) is 5.84. The molecule has 0 fully saturated rings.